The molecule has 0 bridgehead atoms. The zero-order valence-electron chi connectivity index (χ0n) is 15.1. The van der Waals surface area contributed by atoms with E-state index in [2.05, 4.69) is 27.2 Å². The van der Waals surface area contributed by atoms with Crippen molar-refractivity contribution in [2.45, 2.75) is 32.2 Å². The van der Waals surface area contributed by atoms with Gasteiger partial charge in [-0.25, -0.2) is 0 Å². The highest BCUT2D eigenvalue weighted by atomic mass is 16.3. The van der Waals surface area contributed by atoms with E-state index < -0.39 is 0 Å². The molecule has 0 radical (unpaired) electrons. The molecule has 0 saturated carbocycles. The first-order valence-electron chi connectivity index (χ1n) is 9.67. The monoisotopic (exact) mass is 345 g/mol. The van der Waals surface area contributed by atoms with Crippen molar-refractivity contribution in [1.29, 1.82) is 0 Å². The third kappa shape index (κ3) is 5.53. The maximum atomic E-state index is 12.3. The van der Waals surface area contributed by atoms with E-state index in [-0.39, 0.29) is 12.5 Å². The second kappa shape index (κ2) is 9.32. The lowest BCUT2D eigenvalue weighted by atomic mass is 9.99. The topological polar surface area (TPSA) is 55.8 Å². The maximum absolute atomic E-state index is 12.3. The Morgan fingerprint density at radius 3 is 2.52 bits per heavy atom. The van der Waals surface area contributed by atoms with Crippen molar-refractivity contribution >= 4 is 5.91 Å². The van der Waals surface area contributed by atoms with Gasteiger partial charge in [-0.05, 0) is 68.9 Å². The molecule has 25 heavy (non-hydrogen) atoms. The van der Waals surface area contributed by atoms with Gasteiger partial charge in [0.2, 0.25) is 0 Å². The number of rotatable bonds is 7. The van der Waals surface area contributed by atoms with Crippen molar-refractivity contribution in [2.24, 2.45) is 5.92 Å². The second-order valence-corrected chi connectivity index (χ2v) is 7.43. The fourth-order valence-corrected chi connectivity index (χ4v) is 3.89. The first-order chi connectivity index (χ1) is 12.2. The summed E-state index contributed by atoms with van der Waals surface area (Å²) < 4.78 is 0. The molecule has 2 fully saturated rings. The molecular formula is C20H31N3O2. The Hall–Kier alpha value is -1.43. The van der Waals surface area contributed by atoms with Crippen molar-refractivity contribution < 1.29 is 9.90 Å². The standard InChI is InChI=1S/C20H31N3O2/c24-16-18-4-3-12-23(15-18)13-9-21-20(25)19-7-5-17(6-8-19)14-22-10-1-2-11-22/h5-8,18,24H,1-4,9-16H2,(H,21,25)/t18-/m0/s1. The highest BCUT2D eigenvalue weighted by Crippen LogP contribution is 2.15. The number of hydrogen-bond acceptors (Lipinski definition) is 4. The fraction of sp³-hybridized carbons (Fsp3) is 0.650. The van der Waals surface area contributed by atoms with E-state index in [4.69, 9.17) is 0 Å². The van der Waals surface area contributed by atoms with Crippen molar-refractivity contribution in [3.8, 4) is 0 Å². The molecule has 3 rings (SSSR count). The number of nitrogens with zero attached hydrogens (tertiary/aromatic N) is 2. The lowest BCUT2D eigenvalue weighted by Gasteiger charge is -2.31. The van der Waals surface area contributed by atoms with Gasteiger partial charge in [-0.15, -0.1) is 0 Å². The quantitative estimate of drug-likeness (QED) is 0.790. The van der Waals surface area contributed by atoms with Gasteiger partial charge in [0, 0.05) is 38.3 Å². The molecule has 2 saturated heterocycles. The highest BCUT2D eigenvalue weighted by Gasteiger charge is 2.19. The third-order valence-corrected chi connectivity index (χ3v) is 5.40. The van der Waals surface area contributed by atoms with Gasteiger partial charge in [0.15, 0.2) is 0 Å². The molecular weight excluding hydrogens is 314 g/mol. The van der Waals surface area contributed by atoms with Crippen molar-refractivity contribution in [3.63, 3.8) is 0 Å². The molecule has 2 aliphatic heterocycles. The number of amides is 1. The number of carbonyl (C=O) groups is 1. The minimum Gasteiger partial charge on any atom is -0.396 e. The smallest absolute Gasteiger partial charge is 0.251 e. The molecule has 0 unspecified atom stereocenters. The number of benzene rings is 1. The molecule has 5 nitrogen and oxygen atoms in total. The van der Waals surface area contributed by atoms with Gasteiger partial charge >= 0.3 is 0 Å². The minimum absolute atomic E-state index is 0.00319. The lowest BCUT2D eigenvalue weighted by molar-refractivity contribution is 0.0930. The molecule has 1 atom stereocenters. The Kier molecular flexibility index (Phi) is 6.84. The van der Waals surface area contributed by atoms with Gasteiger partial charge in [0.25, 0.3) is 5.91 Å². The molecule has 138 valence electrons. The molecule has 0 aromatic heterocycles. The highest BCUT2D eigenvalue weighted by molar-refractivity contribution is 5.94. The fourth-order valence-electron chi connectivity index (χ4n) is 3.89. The lowest BCUT2D eigenvalue weighted by Crippen LogP contribution is -2.41. The Bertz CT molecular complexity index is 540. The summed E-state index contributed by atoms with van der Waals surface area (Å²) in [5.41, 5.74) is 2.01. The summed E-state index contributed by atoms with van der Waals surface area (Å²) in [6.45, 7) is 7.16. The van der Waals surface area contributed by atoms with E-state index in [0.717, 1.165) is 44.6 Å². The van der Waals surface area contributed by atoms with Crippen molar-refractivity contribution in [1.82, 2.24) is 15.1 Å². The number of aliphatic hydroxyl groups excluding tert-OH is 1. The van der Waals surface area contributed by atoms with Crippen LogP contribution in [0.15, 0.2) is 24.3 Å². The van der Waals surface area contributed by atoms with Crippen LogP contribution >= 0.6 is 0 Å². The zero-order chi connectivity index (χ0) is 17.5. The van der Waals surface area contributed by atoms with Gasteiger partial charge < -0.3 is 15.3 Å². The molecule has 2 heterocycles. The Labute approximate surface area is 151 Å². The van der Waals surface area contributed by atoms with Crippen LogP contribution in [0, 0.1) is 5.92 Å². The molecule has 0 aliphatic carbocycles. The number of likely N-dealkylation sites (tertiary alicyclic amines) is 2. The summed E-state index contributed by atoms with van der Waals surface area (Å²) in [6.07, 6.45) is 4.86. The average Bonchev–Trinajstić information content (AvgIpc) is 3.15. The van der Waals surface area contributed by atoms with Gasteiger partial charge in [-0.3, -0.25) is 9.69 Å². The molecule has 2 aliphatic rings. The van der Waals surface area contributed by atoms with Crippen LogP contribution in [0.2, 0.25) is 0 Å². The van der Waals surface area contributed by atoms with Crippen LogP contribution in [-0.4, -0.2) is 66.7 Å². The van der Waals surface area contributed by atoms with Crippen molar-refractivity contribution in [3.05, 3.63) is 35.4 Å². The normalized spacial score (nSPS) is 22.2. The largest absolute Gasteiger partial charge is 0.396 e. The van der Waals surface area contributed by atoms with Crippen LogP contribution < -0.4 is 5.32 Å². The molecule has 1 aromatic rings. The van der Waals surface area contributed by atoms with Crippen LogP contribution in [0.3, 0.4) is 0 Å². The van der Waals surface area contributed by atoms with Crippen LogP contribution in [0.25, 0.3) is 0 Å². The van der Waals surface area contributed by atoms with Gasteiger partial charge in [0.05, 0.1) is 0 Å². The van der Waals surface area contributed by atoms with E-state index in [1.54, 1.807) is 0 Å². The predicted molar refractivity (Wildman–Crippen MR) is 99.5 cm³/mol. The molecule has 0 spiro atoms. The Balaban J connectivity index is 1.40. The summed E-state index contributed by atoms with van der Waals surface area (Å²) in [6, 6.07) is 8.01. The SMILES string of the molecule is O=C(NCCN1CCC[C@H](CO)C1)c1ccc(CN2CCCC2)cc1. The van der Waals surface area contributed by atoms with Crippen LogP contribution in [0.1, 0.15) is 41.6 Å². The van der Waals surface area contributed by atoms with E-state index >= 15 is 0 Å². The van der Waals surface area contributed by atoms with Gasteiger partial charge in [-0.2, -0.15) is 0 Å². The first kappa shape index (κ1) is 18.4. The molecule has 2 N–H and O–H groups in total. The van der Waals surface area contributed by atoms with Gasteiger partial charge in [0.1, 0.15) is 0 Å². The Morgan fingerprint density at radius 1 is 1.08 bits per heavy atom. The summed E-state index contributed by atoms with van der Waals surface area (Å²) in [5.74, 6) is 0.399. The third-order valence-electron chi connectivity index (χ3n) is 5.40. The molecule has 5 heteroatoms. The number of piperidine rings is 1. The minimum atomic E-state index is 0.00319. The average molecular weight is 345 g/mol. The number of hydrogen-bond donors (Lipinski definition) is 2. The number of nitrogens with one attached hydrogen (secondary N) is 1. The molecule has 1 aromatic carbocycles. The van der Waals surface area contributed by atoms with E-state index in [1.807, 2.05) is 12.1 Å². The Morgan fingerprint density at radius 2 is 1.80 bits per heavy atom. The zero-order valence-corrected chi connectivity index (χ0v) is 15.1. The summed E-state index contributed by atoms with van der Waals surface area (Å²) >= 11 is 0. The number of carbonyl (C=O) groups excluding carboxylic acids is 1. The van der Waals surface area contributed by atoms with Gasteiger partial charge in [-0.1, -0.05) is 12.1 Å². The maximum Gasteiger partial charge on any atom is 0.251 e. The van der Waals surface area contributed by atoms with Crippen LogP contribution in [-0.2, 0) is 6.54 Å². The second-order valence-electron chi connectivity index (χ2n) is 7.43. The van der Waals surface area contributed by atoms with Crippen molar-refractivity contribution in [2.75, 3.05) is 45.9 Å². The van der Waals surface area contributed by atoms with Crippen LogP contribution in [0.4, 0.5) is 0 Å². The predicted octanol–water partition coefficient (Wildman–Crippen LogP) is 1.72. The van der Waals surface area contributed by atoms with E-state index in [9.17, 15) is 9.90 Å². The summed E-state index contributed by atoms with van der Waals surface area (Å²) in [4.78, 5) is 17.1. The first-order valence-corrected chi connectivity index (χ1v) is 9.67. The number of aliphatic hydroxyl groups is 1. The summed E-state index contributed by atoms with van der Waals surface area (Å²) in [7, 11) is 0. The van der Waals surface area contributed by atoms with E-state index in [0.29, 0.717) is 12.5 Å². The molecule has 1 amide bonds. The summed E-state index contributed by atoms with van der Waals surface area (Å²) in [5, 5.41) is 12.3. The van der Waals surface area contributed by atoms with E-state index in [1.165, 1.54) is 31.5 Å². The van der Waals surface area contributed by atoms with Crippen LogP contribution in [0.5, 0.6) is 0 Å².